The van der Waals surface area contributed by atoms with Crippen LogP contribution in [-0.2, 0) is 4.74 Å². The van der Waals surface area contributed by atoms with Crippen LogP contribution in [-0.4, -0.2) is 27.3 Å². The van der Waals surface area contributed by atoms with Crippen molar-refractivity contribution in [1.82, 2.24) is 20.2 Å². The maximum absolute atomic E-state index is 4.96. The van der Waals surface area contributed by atoms with Gasteiger partial charge in [0.2, 0.25) is 0 Å². The molecule has 1 aliphatic rings. The van der Waals surface area contributed by atoms with Crippen LogP contribution >= 0.6 is 0 Å². The number of aromatic nitrogens is 4. The molecule has 70 valence electrons. The highest BCUT2D eigenvalue weighted by Crippen LogP contribution is 2.07. The molecule has 0 saturated carbocycles. The standard InChI is InChI=1S/C9H8N4O/c1-7-10-12-13(11-7)8-3-5-9(14-2)6-4-8/h3,5H,1-2H3. The van der Waals surface area contributed by atoms with Crippen LogP contribution in [0.3, 0.4) is 0 Å². The van der Waals surface area contributed by atoms with Gasteiger partial charge in [0.1, 0.15) is 5.70 Å². The normalized spacial score (nSPS) is 13.9. The molecule has 0 fully saturated rings. The Balaban J connectivity index is 2.44. The molecular formula is C9H8N4O. The minimum absolute atomic E-state index is 0.620. The number of nitrogens with zero attached hydrogens (tertiary/aromatic N) is 4. The molecule has 0 unspecified atom stereocenters. The van der Waals surface area contributed by atoms with Crippen molar-refractivity contribution in [2.45, 2.75) is 6.92 Å². The summed E-state index contributed by atoms with van der Waals surface area (Å²) in [6.45, 7) is 1.77. The minimum atomic E-state index is 0.620. The molecule has 0 aromatic carbocycles. The first-order chi connectivity index (χ1) is 6.79. The first-order valence-electron chi connectivity index (χ1n) is 4.04. The maximum Gasteiger partial charge on any atom is 0.172 e. The van der Waals surface area contributed by atoms with E-state index >= 15 is 0 Å². The molecule has 5 heteroatoms. The van der Waals surface area contributed by atoms with Crippen molar-refractivity contribution in [3.8, 4) is 0 Å². The molecule has 2 rings (SSSR count). The van der Waals surface area contributed by atoms with E-state index in [2.05, 4.69) is 26.9 Å². The molecule has 0 spiro atoms. The molecule has 0 radical (unpaired) electrons. The van der Waals surface area contributed by atoms with E-state index in [-0.39, 0.29) is 0 Å². The molecule has 0 atom stereocenters. The highest BCUT2D eigenvalue weighted by Gasteiger charge is 2.03. The topological polar surface area (TPSA) is 52.8 Å². The largest absolute Gasteiger partial charge is 0.489 e. The lowest BCUT2D eigenvalue weighted by molar-refractivity contribution is 0.308. The lowest BCUT2D eigenvalue weighted by Crippen LogP contribution is -2.00. The number of tetrazole rings is 1. The van der Waals surface area contributed by atoms with Gasteiger partial charge in [0, 0.05) is 0 Å². The second kappa shape index (κ2) is 3.34. The van der Waals surface area contributed by atoms with Gasteiger partial charge in [0.15, 0.2) is 11.6 Å². The van der Waals surface area contributed by atoms with Crippen LogP contribution < -0.4 is 0 Å². The molecule has 1 aromatic rings. The average molecular weight is 188 g/mol. The number of aryl methyl sites for hydroxylation is 1. The summed E-state index contributed by atoms with van der Waals surface area (Å²) in [4.78, 5) is 1.39. The molecule has 0 aliphatic heterocycles. The third-order valence-electron chi connectivity index (χ3n) is 1.66. The van der Waals surface area contributed by atoms with E-state index in [0.29, 0.717) is 17.3 Å². The van der Waals surface area contributed by atoms with Crippen molar-refractivity contribution in [2.75, 3.05) is 7.11 Å². The van der Waals surface area contributed by atoms with Crippen LogP contribution in [0.1, 0.15) is 5.82 Å². The number of allylic oxidation sites excluding steroid dienone is 3. The Morgan fingerprint density at radius 3 is 2.71 bits per heavy atom. The molecule has 1 aliphatic carbocycles. The Bertz CT molecular complexity index is 485. The van der Waals surface area contributed by atoms with Crippen LogP contribution in [0.4, 0.5) is 0 Å². The number of rotatable bonds is 2. The van der Waals surface area contributed by atoms with E-state index in [9.17, 15) is 0 Å². The number of methoxy groups -OCH3 is 1. The zero-order valence-electron chi connectivity index (χ0n) is 7.85. The van der Waals surface area contributed by atoms with Crippen LogP contribution in [0.5, 0.6) is 0 Å². The molecule has 0 N–H and O–H groups in total. The second-order valence-electron chi connectivity index (χ2n) is 2.66. The smallest absolute Gasteiger partial charge is 0.172 e. The number of hydrogen-bond donors (Lipinski definition) is 0. The van der Waals surface area contributed by atoms with E-state index in [1.54, 1.807) is 26.2 Å². The van der Waals surface area contributed by atoms with E-state index < -0.39 is 0 Å². The summed E-state index contributed by atoms with van der Waals surface area (Å²) < 4.78 is 4.96. The molecule has 1 heterocycles. The Morgan fingerprint density at radius 1 is 1.36 bits per heavy atom. The zero-order chi connectivity index (χ0) is 9.97. The van der Waals surface area contributed by atoms with Gasteiger partial charge in [0.25, 0.3) is 0 Å². The molecule has 0 saturated heterocycles. The third kappa shape index (κ3) is 1.50. The lowest BCUT2D eigenvalue weighted by atomic mass is 10.3. The Morgan fingerprint density at radius 2 is 2.21 bits per heavy atom. The maximum atomic E-state index is 4.96. The van der Waals surface area contributed by atoms with E-state index in [4.69, 9.17) is 4.74 Å². The van der Waals surface area contributed by atoms with Crippen molar-refractivity contribution < 1.29 is 4.74 Å². The van der Waals surface area contributed by atoms with Crippen LogP contribution in [0.2, 0.25) is 0 Å². The first-order valence-corrected chi connectivity index (χ1v) is 4.04. The van der Waals surface area contributed by atoms with E-state index in [1.807, 2.05) is 0 Å². The van der Waals surface area contributed by atoms with Gasteiger partial charge in [-0.1, -0.05) is 0 Å². The fourth-order valence-corrected chi connectivity index (χ4v) is 0.986. The first kappa shape index (κ1) is 8.51. The summed E-state index contributed by atoms with van der Waals surface area (Å²) >= 11 is 0. The van der Waals surface area contributed by atoms with Gasteiger partial charge in [-0.2, -0.15) is 0 Å². The zero-order valence-corrected chi connectivity index (χ0v) is 7.85. The quantitative estimate of drug-likeness (QED) is 0.640. The predicted molar refractivity (Wildman–Crippen MR) is 48.9 cm³/mol. The van der Waals surface area contributed by atoms with Gasteiger partial charge in [-0.25, -0.2) is 0 Å². The van der Waals surface area contributed by atoms with Crippen molar-refractivity contribution in [1.29, 1.82) is 0 Å². The fourth-order valence-electron chi connectivity index (χ4n) is 0.986. The van der Waals surface area contributed by atoms with Gasteiger partial charge >= 0.3 is 0 Å². The predicted octanol–water partition coefficient (Wildman–Crippen LogP) is 0.677. The van der Waals surface area contributed by atoms with Crippen LogP contribution in [0.15, 0.2) is 29.4 Å². The molecule has 0 bridgehead atoms. The third-order valence-corrected chi connectivity index (χ3v) is 1.66. The summed E-state index contributed by atoms with van der Waals surface area (Å²) in [5.74, 6) is 1.25. The van der Waals surface area contributed by atoms with Gasteiger partial charge < -0.3 is 4.74 Å². The minimum Gasteiger partial charge on any atom is -0.489 e. The lowest BCUT2D eigenvalue weighted by Gasteiger charge is -1.99. The second-order valence-corrected chi connectivity index (χ2v) is 2.66. The Kier molecular flexibility index (Phi) is 2.03. The summed E-state index contributed by atoms with van der Waals surface area (Å²) in [6.07, 6.45) is 3.56. The van der Waals surface area contributed by atoms with Gasteiger partial charge in [0.05, 0.1) is 7.11 Å². The number of ether oxygens (including phenoxy) is 1. The SMILES string of the molecule is COC1=C=C=C(n2nnc(C)n2)C=C1. The van der Waals surface area contributed by atoms with Gasteiger partial charge in [-0.3, -0.25) is 0 Å². The summed E-state index contributed by atoms with van der Waals surface area (Å²) in [7, 11) is 1.58. The summed E-state index contributed by atoms with van der Waals surface area (Å²) in [5.41, 5.74) is 6.37. The summed E-state index contributed by atoms with van der Waals surface area (Å²) in [5, 5.41) is 11.6. The van der Waals surface area contributed by atoms with Crippen molar-refractivity contribution >= 4 is 5.70 Å². The molecule has 5 nitrogen and oxygen atoms in total. The highest BCUT2D eigenvalue weighted by atomic mass is 16.5. The fraction of sp³-hybridized carbons (Fsp3) is 0.222. The molecule has 14 heavy (non-hydrogen) atoms. The van der Waals surface area contributed by atoms with Crippen LogP contribution in [0.25, 0.3) is 5.70 Å². The molecular weight excluding hydrogens is 180 g/mol. The van der Waals surface area contributed by atoms with Crippen LogP contribution in [0, 0.1) is 6.92 Å². The van der Waals surface area contributed by atoms with Gasteiger partial charge in [-0.05, 0) is 35.8 Å². The van der Waals surface area contributed by atoms with Gasteiger partial charge in [-0.15, -0.1) is 15.0 Å². The molecule has 0 amide bonds. The Hall–Kier alpha value is -2.09. The number of hydrogen-bond acceptors (Lipinski definition) is 4. The van der Waals surface area contributed by atoms with Crippen molar-refractivity contribution in [3.63, 3.8) is 0 Å². The Labute approximate surface area is 80.7 Å². The molecule has 1 aromatic heterocycles. The van der Waals surface area contributed by atoms with Crippen molar-refractivity contribution in [3.05, 3.63) is 35.2 Å². The van der Waals surface area contributed by atoms with E-state index in [1.165, 1.54) is 4.80 Å². The average Bonchev–Trinajstić information content (AvgIpc) is 2.65. The van der Waals surface area contributed by atoms with Crippen molar-refractivity contribution in [2.24, 2.45) is 0 Å². The summed E-state index contributed by atoms with van der Waals surface area (Å²) in [6, 6.07) is 0. The highest BCUT2D eigenvalue weighted by molar-refractivity contribution is 5.57. The van der Waals surface area contributed by atoms with E-state index in [0.717, 1.165) is 0 Å². The monoisotopic (exact) mass is 188 g/mol.